The zero-order chi connectivity index (χ0) is 13.5. The van der Waals surface area contributed by atoms with Gasteiger partial charge >= 0.3 is 0 Å². The zero-order valence-corrected chi connectivity index (χ0v) is 15.1. The van der Waals surface area contributed by atoms with Gasteiger partial charge in [0.1, 0.15) is 0 Å². The van der Waals surface area contributed by atoms with Crippen LogP contribution < -0.4 is 11.1 Å². The number of nitrogens with zero attached hydrogens (tertiary/aromatic N) is 2. The van der Waals surface area contributed by atoms with Gasteiger partial charge < -0.3 is 16.0 Å². The number of hydrogen-bond acceptors (Lipinski definition) is 2. The molecule has 1 saturated carbocycles. The summed E-state index contributed by atoms with van der Waals surface area (Å²) in [7, 11) is 0. The van der Waals surface area contributed by atoms with Crippen molar-refractivity contribution in [1.82, 2.24) is 10.2 Å². The maximum absolute atomic E-state index is 5.89. The minimum absolute atomic E-state index is 0. The van der Waals surface area contributed by atoms with Gasteiger partial charge in [0.25, 0.3) is 0 Å². The molecule has 20 heavy (non-hydrogen) atoms. The minimum Gasteiger partial charge on any atom is -0.370 e. The summed E-state index contributed by atoms with van der Waals surface area (Å²) in [6.07, 6.45) is 7.98. The number of nitrogens with one attached hydrogen (secondary N) is 1. The molecule has 2 aliphatic rings. The smallest absolute Gasteiger partial charge is 0.188 e. The SMILES string of the molecule is CCN1CCC(CCNC(N)=NCC2CCC2)CC1.I. The molecule has 1 aliphatic heterocycles. The van der Waals surface area contributed by atoms with Crippen LogP contribution in [0.2, 0.25) is 0 Å². The lowest BCUT2D eigenvalue weighted by Crippen LogP contribution is -2.37. The Hall–Kier alpha value is -0.0400. The van der Waals surface area contributed by atoms with Crippen LogP contribution in [0.25, 0.3) is 0 Å². The van der Waals surface area contributed by atoms with E-state index >= 15 is 0 Å². The fraction of sp³-hybridized carbons (Fsp3) is 0.933. The van der Waals surface area contributed by atoms with Crippen LogP contribution in [0.4, 0.5) is 0 Å². The monoisotopic (exact) mass is 394 g/mol. The normalized spacial score (nSPS) is 22.1. The largest absolute Gasteiger partial charge is 0.370 e. The maximum atomic E-state index is 5.89. The van der Waals surface area contributed by atoms with Crippen molar-refractivity contribution in [3.05, 3.63) is 0 Å². The second-order valence-electron chi connectivity index (χ2n) is 6.12. The number of aliphatic imine (C=N–C) groups is 1. The van der Waals surface area contributed by atoms with Crippen molar-refractivity contribution in [3.8, 4) is 0 Å². The van der Waals surface area contributed by atoms with Gasteiger partial charge in [-0.2, -0.15) is 0 Å². The highest BCUT2D eigenvalue weighted by Crippen LogP contribution is 2.26. The third-order valence-corrected chi connectivity index (χ3v) is 4.76. The van der Waals surface area contributed by atoms with Gasteiger partial charge in [0, 0.05) is 13.1 Å². The number of guanidine groups is 1. The number of rotatable bonds is 6. The summed E-state index contributed by atoms with van der Waals surface area (Å²) in [5, 5.41) is 3.27. The molecule has 0 aromatic carbocycles. The lowest BCUT2D eigenvalue weighted by molar-refractivity contribution is 0.187. The van der Waals surface area contributed by atoms with Gasteiger partial charge in [-0.05, 0) is 63.6 Å². The van der Waals surface area contributed by atoms with E-state index in [1.807, 2.05) is 0 Å². The van der Waals surface area contributed by atoms with Crippen molar-refractivity contribution < 1.29 is 0 Å². The molecule has 118 valence electrons. The summed E-state index contributed by atoms with van der Waals surface area (Å²) in [5.41, 5.74) is 5.89. The molecule has 2 fully saturated rings. The molecule has 0 unspecified atom stereocenters. The number of nitrogens with two attached hydrogens (primary N) is 1. The van der Waals surface area contributed by atoms with Crippen LogP contribution >= 0.6 is 24.0 Å². The van der Waals surface area contributed by atoms with Crippen molar-refractivity contribution in [1.29, 1.82) is 0 Å². The number of hydrogen-bond donors (Lipinski definition) is 2. The second-order valence-corrected chi connectivity index (χ2v) is 6.12. The first-order valence-corrected chi connectivity index (χ1v) is 8.04. The van der Waals surface area contributed by atoms with Gasteiger partial charge in [-0.25, -0.2) is 0 Å². The summed E-state index contributed by atoms with van der Waals surface area (Å²) < 4.78 is 0. The minimum atomic E-state index is 0. The second kappa shape index (κ2) is 9.82. The third kappa shape index (κ3) is 6.16. The third-order valence-electron chi connectivity index (χ3n) is 4.76. The fourth-order valence-electron chi connectivity index (χ4n) is 2.95. The van der Waals surface area contributed by atoms with E-state index in [9.17, 15) is 0 Å². The van der Waals surface area contributed by atoms with Crippen molar-refractivity contribution in [2.75, 3.05) is 32.7 Å². The Morgan fingerprint density at radius 2 is 1.90 bits per heavy atom. The van der Waals surface area contributed by atoms with E-state index in [4.69, 9.17) is 5.73 Å². The Labute approximate surface area is 141 Å². The summed E-state index contributed by atoms with van der Waals surface area (Å²) >= 11 is 0. The van der Waals surface area contributed by atoms with Crippen LogP contribution in [0.1, 0.15) is 45.4 Å². The summed E-state index contributed by atoms with van der Waals surface area (Å²) in [6, 6.07) is 0. The summed E-state index contributed by atoms with van der Waals surface area (Å²) in [4.78, 5) is 6.97. The van der Waals surface area contributed by atoms with Crippen LogP contribution in [0.3, 0.4) is 0 Å². The quantitative estimate of drug-likeness (QED) is 0.413. The van der Waals surface area contributed by atoms with E-state index in [-0.39, 0.29) is 24.0 Å². The highest BCUT2D eigenvalue weighted by molar-refractivity contribution is 14.0. The molecule has 1 saturated heterocycles. The first-order chi connectivity index (χ1) is 9.28. The lowest BCUT2D eigenvalue weighted by atomic mass is 9.86. The molecule has 0 atom stereocenters. The Kier molecular flexibility index (Phi) is 8.84. The van der Waals surface area contributed by atoms with E-state index in [1.54, 1.807) is 0 Å². The first kappa shape index (κ1) is 18.0. The van der Waals surface area contributed by atoms with E-state index < -0.39 is 0 Å². The molecule has 0 bridgehead atoms. The van der Waals surface area contributed by atoms with Crippen molar-refractivity contribution in [2.24, 2.45) is 22.6 Å². The van der Waals surface area contributed by atoms with Crippen molar-refractivity contribution >= 4 is 29.9 Å². The molecule has 2 rings (SSSR count). The molecule has 5 heteroatoms. The highest BCUT2D eigenvalue weighted by Gasteiger charge is 2.18. The molecular formula is C15H31IN4. The molecule has 0 radical (unpaired) electrons. The summed E-state index contributed by atoms with van der Waals surface area (Å²) in [6.45, 7) is 7.90. The predicted octanol–water partition coefficient (Wildman–Crippen LogP) is 2.43. The van der Waals surface area contributed by atoms with Gasteiger partial charge in [0.15, 0.2) is 5.96 Å². The lowest BCUT2D eigenvalue weighted by Gasteiger charge is -2.31. The highest BCUT2D eigenvalue weighted by atomic mass is 127. The van der Waals surface area contributed by atoms with Crippen LogP contribution in [0, 0.1) is 11.8 Å². The Bertz CT molecular complexity index is 284. The first-order valence-electron chi connectivity index (χ1n) is 8.04. The maximum Gasteiger partial charge on any atom is 0.188 e. The number of piperidine rings is 1. The molecule has 0 aromatic heterocycles. The van der Waals surface area contributed by atoms with Crippen molar-refractivity contribution in [3.63, 3.8) is 0 Å². The Balaban J connectivity index is 0.00000200. The van der Waals surface area contributed by atoms with Crippen LogP contribution in [0.5, 0.6) is 0 Å². The van der Waals surface area contributed by atoms with E-state index in [0.717, 1.165) is 24.9 Å². The molecular weight excluding hydrogens is 363 g/mol. The van der Waals surface area contributed by atoms with Crippen molar-refractivity contribution in [2.45, 2.75) is 45.4 Å². The molecule has 1 heterocycles. The van der Waals surface area contributed by atoms with E-state index in [2.05, 4.69) is 22.1 Å². The van der Waals surface area contributed by atoms with Crippen LogP contribution in [0.15, 0.2) is 4.99 Å². The molecule has 0 amide bonds. The molecule has 0 aromatic rings. The average Bonchev–Trinajstić information content (AvgIpc) is 2.38. The van der Waals surface area contributed by atoms with Gasteiger partial charge in [-0.3, -0.25) is 4.99 Å². The van der Waals surface area contributed by atoms with Gasteiger partial charge in [-0.15, -0.1) is 24.0 Å². The Morgan fingerprint density at radius 3 is 2.45 bits per heavy atom. The molecule has 0 spiro atoms. The van der Waals surface area contributed by atoms with E-state index in [1.165, 1.54) is 58.2 Å². The predicted molar refractivity (Wildman–Crippen MR) is 96.7 cm³/mol. The fourth-order valence-corrected chi connectivity index (χ4v) is 2.95. The molecule has 3 N–H and O–H groups in total. The molecule has 1 aliphatic carbocycles. The Morgan fingerprint density at radius 1 is 1.20 bits per heavy atom. The number of halogens is 1. The molecule has 4 nitrogen and oxygen atoms in total. The number of likely N-dealkylation sites (tertiary alicyclic amines) is 1. The van der Waals surface area contributed by atoms with Gasteiger partial charge in [-0.1, -0.05) is 13.3 Å². The van der Waals surface area contributed by atoms with Gasteiger partial charge in [0.05, 0.1) is 0 Å². The van der Waals surface area contributed by atoms with Gasteiger partial charge in [0.2, 0.25) is 0 Å². The standard InChI is InChI=1S/C15H30N4.HI/c1-2-19-10-7-13(8-11-19)6-9-17-15(16)18-12-14-4-3-5-14;/h13-14H,2-12H2,1H3,(H3,16,17,18);1H. The van der Waals surface area contributed by atoms with E-state index in [0.29, 0.717) is 5.96 Å². The summed E-state index contributed by atoms with van der Waals surface area (Å²) in [5.74, 6) is 2.33. The zero-order valence-electron chi connectivity index (χ0n) is 12.8. The van der Waals surface area contributed by atoms with Crippen LogP contribution in [-0.2, 0) is 0 Å². The average molecular weight is 394 g/mol. The topological polar surface area (TPSA) is 53.6 Å². The van der Waals surface area contributed by atoms with Crippen LogP contribution in [-0.4, -0.2) is 43.6 Å².